The second-order valence-corrected chi connectivity index (χ2v) is 9.14. The summed E-state index contributed by atoms with van der Waals surface area (Å²) < 4.78 is 37.5. The van der Waals surface area contributed by atoms with Crippen LogP contribution in [-0.4, -0.2) is 43.9 Å². The van der Waals surface area contributed by atoms with Crippen LogP contribution in [0.15, 0.2) is 48.8 Å². The Hall–Kier alpha value is -3.69. The maximum absolute atomic E-state index is 15.2. The highest BCUT2D eigenvalue weighted by Crippen LogP contribution is 2.39. The van der Waals surface area contributed by atoms with E-state index in [0.717, 1.165) is 0 Å². The molecule has 0 radical (unpaired) electrons. The Morgan fingerprint density at radius 3 is 2.69 bits per heavy atom. The lowest BCUT2D eigenvalue weighted by Gasteiger charge is -2.22. The lowest BCUT2D eigenvalue weighted by atomic mass is 9.89. The first kappa shape index (κ1) is 21.8. The van der Waals surface area contributed by atoms with Crippen LogP contribution in [0.25, 0.3) is 22.0 Å². The van der Waals surface area contributed by atoms with Gasteiger partial charge >= 0.3 is 0 Å². The highest BCUT2D eigenvalue weighted by Gasteiger charge is 2.37. The number of amides is 1. The van der Waals surface area contributed by atoms with Crippen molar-refractivity contribution in [3.8, 4) is 11.1 Å². The summed E-state index contributed by atoms with van der Waals surface area (Å²) in [4.78, 5) is 18.2. The van der Waals surface area contributed by atoms with Crippen LogP contribution in [0.3, 0.4) is 0 Å². The van der Waals surface area contributed by atoms with Gasteiger partial charge in [-0.15, -0.1) is 0 Å². The van der Waals surface area contributed by atoms with Crippen molar-refractivity contribution < 1.29 is 23.4 Å². The molecular formula is C26H22F2N4O3. The fourth-order valence-corrected chi connectivity index (χ4v) is 5.02. The molecule has 35 heavy (non-hydrogen) atoms. The van der Waals surface area contributed by atoms with Crippen molar-refractivity contribution in [1.29, 1.82) is 0 Å². The molecule has 4 heterocycles. The number of carbonyl (C=O) groups excluding carboxylic acids is 1. The minimum atomic E-state index is -1.15. The van der Waals surface area contributed by atoms with Gasteiger partial charge in [0.25, 0.3) is 5.91 Å². The first-order valence-electron chi connectivity index (χ1n) is 11.3. The first-order valence-corrected chi connectivity index (χ1v) is 11.3. The maximum Gasteiger partial charge on any atom is 0.256 e. The Kier molecular flexibility index (Phi) is 4.94. The zero-order valence-corrected chi connectivity index (χ0v) is 19.0. The molecule has 9 heteroatoms. The summed E-state index contributed by atoms with van der Waals surface area (Å²) in [5, 5.41) is 16.2. The van der Waals surface area contributed by atoms with E-state index in [9.17, 15) is 9.90 Å². The average Bonchev–Trinajstić information content (AvgIpc) is 3.53. The van der Waals surface area contributed by atoms with Crippen LogP contribution in [0.2, 0.25) is 0 Å². The number of aryl methyl sites for hydroxylation is 1. The van der Waals surface area contributed by atoms with Crippen molar-refractivity contribution in [2.75, 3.05) is 13.2 Å². The van der Waals surface area contributed by atoms with Crippen molar-refractivity contribution in [2.24, 2.45) is 7.05 Å². The lowest BCUT2D eigenvalue weighted by molar-refractivity contribution is 0.0243. The molecule has 7 nitrogen and oxygen atoms in total. The number of carbonyl (C=O) groups is 1. The van der Waals surface area contributed by atoms with Crippen LogP contribution in [-0.2, 0) is 30.5 Å². The third-order valence-corrected chi connectivity index (χ3v) is 6.84. The van der Waals surface area contributed by atoms with E-state index in [1.165, 1.54) is 17.0 Å². The number of rotatable bonds is 4. The quantitative estimate of drug-likeness (QED) is 0.486. The molecule has 2 aliphatic heterocycles. The monoisotopic (exact) mass is 476 g/mol. The minimum absolute atomic E-state index is 0.171. The van der Waals surface area contributed by atoms with Crippen LogP contribution in [0.1, 0.15) is 33.6 Å². The fraction of sp³-hybridized carbons (Fsp3) is 0.269. The molecule has 0 spiro atoms. The molecule has 4 aromatic rings. The van der Waals surface area contributed by atoms with Gasteiger partial charge in [0, 0.05) is 49.0 Å². The van der Waals surface area contributed by atoms with Crippen LogP contribution < -0.4 is 0 Å². The molecule has 6 rings (SSSR count). The molecule has 1 unspecified atom stereocenters. The normalized spacial score (nSPS) is 19.7. The molecular weight excluding hydrogens is 454 g/mol. The van der Waals surface area contributed by atoms with Gasteiger partial charge in [-0.05, 0) is 35.4 Å². The van der Waals surface area contributed by atoms with E-state index in [0.29, 0.717) is 51.9 Å². The lowest BCUT2D eigenvalue weighted by Crippen LogP contribution is -2.26. The third-order valence-electron chi connectivity index (χ3n) is 6.84. The van der Waals surface area contributed by atoms with E-state index >= 15 is 8.78 Å². The van der Waals surface area contributed by atoms with Gasteiger partial charge in [0.1, 0.15) is 17.2 Å². The summed E-state index contributed by atoms with van der Waals surface area (Å²) in [6.45, 7) is 0.636. The highest BCUT2D eigenvalue weighted by molar-refractivity contribution is 5.98. The molecule has 1 atom stereocenters. The van der Waals surface area contributed by atoms with E-state index < -0.39 is 17.2 Å². The molecule has 0 bridgehead atoms. The summed E-state index contributed by atoms with van der Waals surface area (Å²) in [6, 6.07) is 9.38. The number of ether oxygens (including phenoxy) is 1. The Bertz CT molecular complexity index is 1470. The zero-order chi connectivity index (χ0) is 24.3. The first-order chi connectivity index (χ1) is 16.8. The van der Waals surface area contributed by atoms with E-state index in [-0.39, 0.29) is 31.2 Å². The van der Waals surface area contributed by atoms with Gasteiger partial charge in [-0.3, -0.25) is 14.5 Å². The van der Waals surface area contributed by atoms with Crippen LogP contribution in [0.4, 0.5) is 8.78 Å². The summed E-state index contributed by atoms with van der Waals surface area (Å²) in [5.41, 5.74) is 1.87. The number of halogens is 2. The van der Waals surface area contributed by atoms with Gasteiger partial charge in [0.2, 0.25) is 0 Å². The fourth-order valence-electron chi connectivity index (χ4n) is 5.02. The van der Waals surface area contributed by atoms with Gasteiger partial charge < -0.3 is 14.7 Å². The molecule has 2 aromatic carbocycles. The topological polar surface area (TPSA) is 80.5 Å². The van der Waals surface area contributed by atoms with E-state index in [4.69, 9.17) is 4.74 Å². The molecule has 0 saturated carbocycles. The third kappa shape index (κ3) is 3.50. The molecule has 2 aromatic heterocycles. The van der Waals surface area contributed by atoms with E-state index in [1.54, 1.807) is 48.4 Å². The van der Waals surface area contributed by atoms with E-state index in [2.05, 4.69) is 10.1 Å². The van der Waals surface area contributed by atoms with Crippen molar-refractivity contribution in [1.82, 2.24) is 19.7 Å². The van der Waals surface area contributed by atoms with Gasteiger partial charge in [0.15, 0.2) is 0 Å². The SMILES string of the molecule is Cn1cc2c(-c3cc(F)c(CN4Cc5ncccc5C4=O)c(F)c3)ccc(C3(O)CCOC3)c2n1. The Balaban J connectivity index is 1.37. The van der Waals surface area contributed by atoms with Crippen molar-refractivity contribution in [3.05, 3.63) is 82.8 Å². The van der Waals surface area contributed by atoms with E-state index in [1.807, 2.05) is 0 Å². The number of hydrogen-bond donors (Lipinski definition) is 1. The molecule has 178 valence electrons. The van der Waals surface area contributed by atoms with Gasteiger partial charge in [-0.1, -0.05) is 12.1 Å². The Morgan fingerprint density at radius 1 is 1.17 bits per heavy atom. The van der Waals surface area contributed by atoms with Crippen molar-refractivity contribution in [3.63, 3.8) is 0 Å². The Morgan fingerprint density at radius 2 is 1.97 bits per heavy atom. The van der Waals surface area contributed by atoms with Crippen LogP contribution in [0, 0.1) is 11.6 Å². The molecule has 1 fully saturated rings. The number of aliphatic hydroxyl groups is 1. The summed E-state index contributed by atoms with van der Waals surface area (Å²) >= 11 is 0. The number of hydrogen-bond acceptors (Lipinski definition) is 5. The standard InChI is InChI=1S/C26H22F2N4O3/c1-31-11-18-16(4-5-20(24(18)30-31)26(34)6-8-35-14-26)15-9-21(27)19(22(28)10-15)12-32-13-23-17(25(32)33)3-2-7-29-23/h2-5,7,9-11,34H,6,8,12-14H2,1H3. The number of nitrogens with zero attached hydrogens (tertiary/aromatic N) is 4. The molecule has 1 N–H and O–H groups in total. The van der Waals surface area contributed by atoms with Crippen LogP contribution >= 0.6 is 0 Å². The van der Waals surface area contributed by atoms with Gasteiger partial charge in [0.05, 0.1) is 36.5 Å². The van der Waals surface area contributed by atoms with Crippen molar-refractivity contribution >= 4 is 16.8 Å². The maximum atomic E-state index is 15.2. The second-order valence-electron chi connectivity index (χ2n) is 9.14. The van der Waals surface area contributed by atoms with Crippen LogP contribution in [0.5, 0.6) is 0 Å². The zero-order valence-electron chi connectivity index (χ0n) is 19.0. The molecule has 0 aliphatic carbocycles. The summed E-state index contributed by atoms with van der Waals surface area (Å²) in [7, 11) is 1.76. The molecule has 2 aliphatic rings. The van der Waals surface area contributed by atoms with Gasteiger partial charge in [-0.2, -0.15) is 5.10 Å². The number of aromatic nitrogens is 3. The number of pyridine rings is 1. The smallest absolute Gasteiger partial charge is 0.256 e. The number of fused-ring (bicyclic) bond motifs is 2. The average molecular weight is 476 g/mol. The summed E-state index contributed by atoms with van der Waals surface area (Å²) in [6.07, 6.45) is 3.81. The van der Waals surface area contributed by atoms with Gasteiger partial charge in [-0.25, -0.2) is 8.78 Å². The number of benzene rings is 2. The summed E-state index contributed by atoms with van der Waals surface area (Å²) in [5.74, 6) is -1.77. The minimum Gasteiger partial charge on any atom is -0.383 e. The highest BCUT2D eigenvalue weighted by atomic mass is 19.1. The predicted octanol–water partition coefficient (Wildman–Crippen LogP) is 3.68. The molecule has 1 saturated heterocycles. The van der Waals surface area contributed by atoms with Crippen molar-refractivity contribution in [2.45, 2.75) is 25.1 Å². The predicted molar refractivity (Wildman–Crippen MR) is 123 cm³/mol. The largest absolute Gasteiger partial charge is 0.383 e. The Labute approximate surface area is 199 Å². The molecule has 1 amide bonds. The second kappa shape index (κ2) is 7.93.